The second-order valence-corrected chi connectivity index (χ2v) is 6.23. The van der Waals surface area contributed by atoms with Gasteiger partial charge in [-0.05, 0) is 24.6 Å². The number of carbonyl (C=O) groups is 4. The third-order valence-electron chi connectivity index (χ3n) is 4.34. The standard InChI is InChI=1S/C19H18N2O7/c1-19(12-6-4-3-5-7-12)17(24)21(18(25)20-19)10-15(22)27-11-13-8-9-14(28-13)16(23)26-2/h3-9H,10-11H2,1-2H3,(H,20,25)/t19-/m0/s1. The molecule has 1 aliphatic rings. The van der Waals surface area contributed by atoms with Crippen molar-refractivity contribution in [3.05, 3.63) is 59.5 Å². The summed E-state index contributed by atoms with van der Waals surface area (Å²) < 4.78 is 14.7. The van der Waals surface area contributed by atoms with Crippen molar-refractivity contribution in [3.8, 4) is 0 Å². The topological polar surface area (TPSA) is 115 Å². The zero-order chi connectivity index (χ0) is 20.3. The molecule has 28 heavy (non-hydrogen) atoms. The van der Waals surface area contributed by atoms with Crippen molar-refractivity contribution in [2.45, 2.75) is 19.1 Å². The molecule has 9 heteroatoms. The summed E-state index contributed by atoms with van der Waals surface area (Å²) in [5.41, 5.74) is -0.648. The fraction of sp³-hybridized carbons (Fsp3) is 0.263. The highest BCUT2D eigenvalue weighted by Gasteiger charge is 2.49. The van der Waals surface area contributed by atoms with Crippen LogP contribution in [0, 0.1) is 0 Å². The molecule has 0 spiro atoms. The molecule has 1 aromatic heterocycles. The minimum atomic E-state index is -1.25. The summed E-state index contributed by atoms with van der Waals surface area (Å²) in [5, 5.41) is 2.61. The number of benzene rings is 1. The molecule has 2 aromatic rings. The van der Waals surface area contributed by atoms with Crippen molar-refractivity contribution in [2.75, 3.05) is 13.7 Å². The van der Waals surface area contributed by atoms with Crippen molar-refractivity contribution in [1.29, 1.82) is 0 Å². The number of ether oxygens (including phenoxy) is 2. The monoisotopic (exact) mass is 386 g/mol. The predicted molar refractivity (Wildman–Crippen MR) is 93.9 cm³/mol. The molecule has 0 aliphatic carbocycles. The van der Waals surface area contributed by atoms with E-state index >= 15 is 0 Å². The maximum Gasteiger partial charge on any atom is 0.373 e. The molecule has 2 heterocycles. The predicted octanol–water partition coefficient (Wildman–Crippen LogP) is 1.58. The van der Waals surface area contributed by atoms with Gasteiger partial charge < -0.3 is 19.2 Å². The Hall–Kier alpha value is -3.62. The minimum Gasteiger partial charge on any atom is -0.463 e. The molecule has 1 aliphatic heterocycles. The third kappa shape index (κ3) is 3.59. The van der Waals surface area contributed by atoms with Gasteiger partial charge in [0.1, 0.15) is 24.5 Å². The number of rotatable bonds is 6. The Bertz CT molecular complexity index is 921. The van der Waals surface area contributed by atoms with Crippen LogP contribution in [0.5, 0.6) is 0 Å². The van der Waals surface area contributed by atoms with Crippen LogP contribution in [0.4, 0.5) is 4.79 Å². The lowest BCUT2D eigenvalue weighted by Crippen LogP contribution is -2.41. The van der Waals surface area contributed by atoms with E-state index in [0.717, 1.165) is 4.90 Å². The molecule has 3 rings (SSSR count). The van der Waals surface area contributed by atoms with E-state index in [2.05, 4.69) is 10.1 Å². The highest BCUT2D eigenvalue weighted by molar-refractivity contribution is 6.08. The smallest absolute Gasteiger partial charge is 0.373 e. The Balaban J connectivity index is 1.61. The lowest BCUT2D eigenvalue weighted by Gasteiger charge is -2.21. The number of urea groups is 1. The van der Waals surface area contributed by atoms with Gasteiger partial charge in [0.15, 0.2) is 0 Å². The lowest BCUT2D eigenvalue weighted by molar-refractivity contribution is -0.149. The SMILES string of the molecule is COC(=O)c1ccc(COC(=O)CN2C(=O)N[C@@](C)(c3ccccc3)C2=O)o1. The van der Waals surface area contributed by atoms with Crippen molar-refractivity contribution < 1.29 is 33.1 Å². The molecule has 1 saturated heterocycles. The van der Waals surface area contributed by atoms with Crippen molar-refractivity contribution in [2.24, 2.45) is 0 Å². The molecule has 3 amide bonds. The Labute approximate surface area is 160 Å². The Kier molecular flexibility index (Phi) is 5.16. The molecule has 9 nitrogen and oxygen atoms in total. The summed E-state index contributed by atoms with van der Waals surface area (Å²) in [4.78, 5) is 49.1. The van der Waals surface area contributed by atoms with E-state index in [1.54, 1.807) is 37.3 Å². The van der Waals surface area contributed by atoms with Gasteiger partial charge >= 0.3 is 18.0 Å². The number of imide groups is 1. The van der Waals surface area contributed by atoms with E-state index in [0.29, 0.717) is 5.56 Å². The highest BCUT2D eigenvalue weighted by atomic mass is 16.6. The van der Waals surface area contributed by atoms with Crippen LogP contribution in [0.1, 0.15) is 28.8 Å². The van der Waals surface area contributed by atoms with Gasteiger partial charge in [-0.2, -0.15) is 0 Å². The average molecular weight is 386 g/mol. The minimum absolute atomic E-state index is 0.0266. The first-order chi connectivity index (χ1) is 13.3. The van der Waals surface area contributed by atoms with Crippen molar-refractivity contribution in [1.82, 2.24) is 10.2 Å². The van der Waals surface area contributed by atoms with Crippen molar-refractivity contribution in [3.63, 3.8) is 0 Å². The van der Waals surface area contributed by atoms with Crippen LogP contribution in [0.15, 0.2) is 46.9 Å². The lowest BCUT2D eigenvalue weighted by atomic mass is 9.92. The van der Waals surface area contributed by atoms with E-state index in [9.17, 15) is 19.2 Å². The molecule has 0 bridgehead atoms. The number of amides is 3. The normalized spacial score (nSPS) is 18.7. The van der Waals surface area contributed by atoms with Crippen LogP contribution in [0.3, 0.4) is 0 Å². The van der Waals surface area contributed by atoms with Gasteiger partial charge in [-0.1, -0.05) is 30.3 Å². The number of methoxy groups -OCH3 is 1. The van der Waals surface area contributed by atoms with Gasteiger partial charge in [0, 0.05) is 0 Å². The quantitative estimate of drug-likeness (QED) is 0.592. The van der Waals surface area contributed by atoms with Gasteiger partial charge in [-0.3, -0.25) is 14.5 Å². The van der Waals surface area contributed by atoms with Crippen LogP contribution < -0.4 is 5.32 Å². The van der Waals surface area contributed by atoms with Gasteiger partial charge in [-0.15, -0.1) is 0 Å². The van der Waals surface area contributed by atoms with Gasteiger partial charge in [-0.25, -0.2) is 9.59 Å². The summed E-state index contributed by atoms with van der Waals surface area (Å²) in [5.74, 6) is -1.80. The summed E-state index contributed by atoms with van der Waals surface area (Å²) in [7, 11) is 1.21. The van der Waals surface area contributed by atoms with E-state index in [1.165, 1.54) is 19.2 Å². The Morgan fingerprint density at radius 3 is 2.54 bits per heavy atom. The number of nitrogens with one attached hydrogen (secondary N) is 1. The highest BCUT2D eigenvalue weighted by Crippen LogP contribution is 2.28. The number of hydrogen-bond acceptors (Lipinski definition) is 7. The number of furan rings is 1. The third-order valence-corrected chi connectivity index (χ3v) is 4.34. The largest absolute Gasteiger partial charge is 0.463 e. The second kappa shape index (κ2) is 7.55. The number of esters is 2. The number of carbonyl (C=O) groups excluding carboxylic acids is 4. The maximum atomic E-state index is 12.7. The number of hydrogen-bond donors (Lipinski definition) is 1. The van der Waals surface area contributed by atoms with Crippen LogP contribution in [-0.4, -0.2) is 42.4 Å². The Morgan fingerprint density at radius 1 is 1.14 bits per heavy atom. The van der Waals surface area contributed by atoms with E-state index in [1.807, 2.05) is 0 Å². The van der Waals surface area contributed by atoms with Crippen molar-refractivity contribution >= 4 is 23.9 Å². The molecule has 0 saturated carbocycles. The number of nitrogens with zero attached hydrogens (tertiary/aromatic N) is 1. The summed E-state index contributed by atoms with van der Waals surface area (Å²) >= 11 is 0. The zero-order valence-corrected chi connectivity index (χ0v) is 15.3. The molecular weight excluding hydrogens is 368 g/mol. The molecule has 0 radical (unpaired) electrons. The molecule has 1 atom stereocenters. The van der Waals surface area contributed by atoms with Crippen LogP contribution in [0.2, 0.25) is 0 Å². The summed E-state index contributed by atoms with van der Waals surface area (Å²) in [6, 6.07) is 10.9. The van der Waals surface area contributed by atoms with Gasteiger partial charge in [0.2, 0.25) is 5.76 Å². The maximum absolute atomic E-state index is 12.7. The molecule has 1 N–H and O–H groups in total. The van der Waals surface area contributed by atoms with E-state index in [4.69, 9.17) is 9.15 Å². The zero-order valence-electron chi connectivity index (χ0n) is 15.3. The average Bonchev–Trinajstić information content (AvgIpc) is 3.26. The molecule has 1 fully saturated rings. The first-order valence-electron chi connectivity index (χ1n) is 8.37. The van der Waals surface area contributed by atoms with E-state index < -0.39 is 36.0 Å². The Morgan fingerprint density at radius 2 is 1.86 bits per heavy atom. The summed E-state index contributed by atoms with van der Waals surface area (Å²) in [6.45, 7) is 0.776. The first-order valence-corrected chi connectivity index (χ1v) is 8.37. The van der Waals surface area contributed by atoms with Crippen LogP contribution in [0.25, 0.3) is 0 Å². The second-order valence-electron chi connectivity index (χ2n) is 6.23. The van der Waals surface area contributed by atoms with Gasteiger partial charge in [0.25, 0.3) is 5.91 Å². The van der Waals surface area contributed by atoms with Crippen LogP contribution >= 0.6 is 0 Å². The molecular formula is C19H18N2O7. The van der Waals surface area contributed by atoms with Gasteiger partial charge in [0.05, 0.1) is 7.11 Å². The fourth-order valence-corrected chi connectivity index (χ4v) is 2.80. The van der Waals surface area contributed by atoms with E-state index in [-0.39, 0.29) is 18.1 Å². The van der Waals surface area contributed by atoms with Crippen LogP contribution in [-0.2, 0) is 31.2 Å². The first kappa shape index (κ1) is 19.2. The fourth-order valence-electron chi connectivity index (χ4n) is 2.80. The molecule has 0 unspecified atom stereocenters. The molecule has 1 aromatic carbocycles. The molecule has 146 valence electrons. The summed E-state index contributed by atoms with van der Waals surface area (Å²) in [6.07, 6.45) is 0.